The Hall–Kier alpha value is -0.380. The molecule has 1 aliphatic heterocycles. The molecule has 2 rings (SSSR count). The van der Waals surface area contributed by atoms with E-state index in [4.69, 9.17) is 0 Å². The van der Waals surface area contributed by atoms with E-state index in [0.29, 0.717) is 0 Å². The number of aryl methyl sites for hydroxylation is 1. The van der Waals surface area contributed by atoms with E-state index in [-0.39, 0.29) is 0 Å². The van der Waals surface area contributed by atoms with Crippen LogP contribution in [0, 0.1) is 6.92 Å². The van der Waals surface area contributed by atoms with Crippen LogP contribution < -0.4 is 10.6 Å². The first kappa shape index (κ1) is 13.1. The highest BCUT2D eigenvalue weighted by atomic mass is 32.1. The average molecular weight is 252 g/mol. The average Bonchev–Trinajstić information content (AvgIpc) is 2.76. The van der Waals surface area contributed by atoms with Gasteiger partial charge in [-0.2, -0.15) is 0 Å². The highest BCUT2D eigenvalue weighted by molar-refractivity contribution is 7.10. The first-order valence-corrected chi connectivity index (χ1v) is 7.71. The normalized spacial score (nSPS) is 20.6. The van der Waals surface area contributed by atoms with Gasteiger partial charge in [0.25, 0.3) is 0 Å². The monoisotopic (exact) mass is 252 g/mol. The van der Waals surface area contributed by atoms with E-state index < -0.39 is 0 Å². The van der Waals surface area contributed by atoms with Crippen molar-refractivity contribution in [3.63, 3.8) is 0 Å². The number of hydrogen-bond acceptors (Lipinski definition) is 3. The molecule has 1 aliphatic rings. The molecule has 0 spiro atoms. The summed E-state index contributed by atoms with van der Waals surface area (Å²) in [5.74, 6) is 0. The van der Waals surface area contributed by atoms with Gasteiger partial charge in [-0.05, 0) is 62.7 Å². The summed E-state index contributed by atoms with van der Waals surface area (Å²) in [5, 5.41) is 9.34. The van der Waals surface area contributed by atoms with E-state index in [1.54, 1.807) is 0 Å². The molecule has 2 heterocycles. The Morgan fingerprint density at radius 3 is 3.12 bits per heavy atom. The molecule has 0 radical (unpaired) electrons. The van der Waals surface area contributed by atoms with Crippen molar-refractivity contribution in [1.29, 1.82) is 0 Å². The van der Waals surface area contributed by atoms with Crippen molar-refractivity contribution < 1.29 is 0 Å². The van der Waals surface area contributed by atoms with Crippen LogP contribution >= 0.6 is 11.3 Å². The molecular weight excluding hydrogens is 228 g/mol. The number of nitrogens with one attached hydrogen (secondary N) is 2. The topological polar surface area (TPSA) is 24.1 Å². The Morgan fingerprint density at radius 2 is 2.41 bits per heavy atom. The Labute approximate surface area is 109 Å². The molecule has 0 saturated carbocycles. The summed E-state index contributed by atoms with van der Waals surface area (Å²) in [4.78, 5) is 1.49. The van der Waals surface area contributed by atoms with Crippen LogP contribution in [0.3, 0.4) is 0 Å². The Balaban J connectivity index is 1.53. The van der Waals surface area contributed by atoms with Gasteiger partial charge < -0.3 is 10.6 Å². The molecule has 17 heavy (non-hydrogen) atoms. The zero-order chi connectivity index (χ0) is 11.9. The van der Waals surface area contributed by atoms with Gasteiger partial charge in [0.1, 0.15) is 0 Å². The van der Waals surface area contributed by atoms with E-state index in [0.717, 1.165) is 19.1 Å². The number of piperidine rings is 1. The highest BCUT2D eigenvalue weighted by Crippen LogP contribution is 2.15. The second-order valence-electron chi connectivity index (χ2n) is 4.99. The molecule has 0 aromatic carbocycles. The van der Waals surface area contributed by atoms with Gasteiger partial charge in [-0.25, -0.2) is 0 Å². The third kappa shape index (κ3) is 4.41. The van der Waals surface area contributed by atoms with Crippen molar-refractivity contribution >= 4 is 11.3 Å². The lowest BCUT2D eigenvalue weighted by Crippen LogP contribution is -2.34. The smallest absolute Gasteiger partial charge is 0.0302 e. The largest absolute Gasteiger partial charge is 0.314 e. The molecule has 2 nitrogen and oxygen atoms in total. The van der Waals surface area contributed by atoms with Crippen LogP contribution in [0.4, 0.5) is 0 Å². The fourth-order valence-corrected chi connectivity index (χ4v) is 3.31. The second kappa shape index (κ2) is 7.14. The lowest BCUT2D eigenvalue weighted by Gasteiger charge is -2.23. The molecule has 1 aromatic rings. The van der Waals surface area contributed by atoms with Crippen molar-refractivity contribution in [2.45, 2.75) is 51.6 Å². The summed E-state index contributed by atoms with van der Waals surface area (Å²) < 4.78 is 0. The van der Waals surface area contributed by atoms with E-state index in [1.165, 1.54) is 49.1 Å². The van der Waals surface area contributed by atoms with Gasteiger partial charge in [0.05, 0.1) is 0 Å². The summed E-state index contributed by atoms with van der Waals surface area (Å²) in [6, 6.07) is 2.99. The van der Waals surface area contributed by atoms with Crippen molar-refractivity contribution in [1.82, 2.24) is 10.6 Å². The lowest BCUT2D eigenvalue weighted by atomic mass is 10.0. The zero-order valence-corrected chi connectivity index (χ0v) is 11.6. The van der Waals surface area contributed by atoms with Gasteiger partial charge in [0.15, 0.2) is 0 Å². The maximum atomic E-state index is 3.61. The predicted molar refractivity (Wildman–Crippen MR) is 75.6 cm³/mol. The van der Waals surface area contributed by atoms with Crippen LogP contribution in [0.5, 0.6) is 0 Å². The minimum atomic E-state index is 0.786. The van der Waals surface area contributed by atoms with Crippen LogP contribution in [0.2, 0.25) is 0 Å². The van der Waals surface area contributed by atoms with Gasteiger partial charge in [-0.3, -0.25) is 0 Å². The summed E-state index contributed by atoms with van der Waals surface area (Å²) in [7, 11) is 0. The van der Waals surface area contributed by atoms with Crippen LogP contribution in [0.15, 0.2) is 11.4 Å². The quantitative estimate of drug-likeness (QED) is 0.760. The fourth-order valence-electron chi connectivity index (χ4n) is 2.43. The minimum Gasteiger partial charge on any atom is -0.314 e. The second-order valence-corrected chi connectivity index (χ2v) is 5.99. The van der Waals surface area contributed by atoms with E-state index in [2.05, 4.69) is 29.0 Å². The number of hydrogen-bond donors (Lipinski definition) is 2. The number of rotatable bonds is 6. The SMILES string of the molecule is Cc1ccsc1CNCCCC1CCCCN1. The molecule has 1 unspecified atom stereocenters. The van der Waals surface area contributed by atoms with Gasteiger partial charge in [-0.15, -0.1) is 11.3 Å². The first-order valence-electron chi connectivity index (χ1n) is 6.83. The van der Waals surface area contributed by atoms with Crippen LogP contribution in [0.25, 0.3) is 0 Å². The standard InChI is InChI=1S/C14H24N2S/c1-12-7-10-17-14(12)11-15-8-4-6-13-5-2-3-9-16-13/h7,10,13,15-16H,2-6,8-9,11H2,1H3. The third-order valence-corrected chi connectivity index (χ3v) is 4.60. The fraction of sp³-hybridized carbons (Fsp3) is 0.714. The summed E-state index contributed by atoms with van der Waals surface area (Å²) >= 11 is 1.86. The van der Waals surface area contributed by atoms with Crippen molar-refractivity contribution in [3.05, 3.63) is 21.9 Å². The molecule has 1 aromatic heterocycles. The molecular formula is C14H24N2S. The van der Waals surface area contributed by atoms with Gasteiger partial charge >= 0.3 is 0 Å². The van der Waals surface area contributed by atoms with Crippen molar-refractivity contribution in [2.75, 3.05) is 13.1 Å². The summed E-state index contributed by atoms with van der Waals surface area (Å²) in [6.07, 6.45) is 6.79. The van der Waals surface area contributed by atoms with Gasteiger partial charge in [-0.1, -0.05) is 6.42 Å². The minimum absolute atomic E-state index is 0.786. The molecule has 1 saturated heterocycles. The number of thiophene rings is 1. The predicted octanol–water partition coefficient (Wildman–Crippen LogP) is 3.07. The maximum Gasteiger partial charge on any atom is 0.0302 e. The molecule has 3 heteroatoms. The van der Waals surface area contributed by atoms with Crippen molar-refractivity contribution in [3.8, 4) is 0 Å². The summed E-state index contributed by atoms with van der Waals surface area (Å²) in [5.41, 5.74) is 1.43. The highest BCUT2D eigenvalue weighted by Gasteiger charge is 2.11. The Morgan fingerprint density at radius 1 is 1.47 bits per heavy atom. The van der Waals surface area contributed by atoms with Gasteiger partial charge in [0.2, 0.25) is 0 Å². The third-order valence-electron chi connectivity index (χ3n) is 3.57. The van der Waals surface area contributed by atoms with E-state index in [9.17, 15) is 0 Å². The molecule has 0 aliphatic carbocycles. The van der Waals surface area contributed by atoms with Crippen LogP contribution in [0.1, 0.15) is 42.5 Å². The Bertz CT molecular complexity index is 316. The van der Waals surface area contributed by atoms with E-state index in [1.807, 2.05) is 11.3 Å². The van der Waals surface area contributed by atoms with E-state index >= 15 is 0 Å². The molecule has 96 valence electrons. The molecule has 1 fully saturated rings. The molecule has 2 N–H and O–H groups in total. The first-order chi connectivity index (χ1) is 8.36. The lowest BCUT2D eigenvalue weighted by molar-refractivity contribution is 0.373. The molecule has 0 amide bonds. The maximum absolute atomic E-state index is 3.61. The zero-order valence-electron chi connectivity index (χ0n) is 10.8. The van der Waals surface area contributed by atoms with Crippen LogP contribution in [-0.4, -0.2) is 19.1 Å². The van der Waals surface area contributed by atoms with Crippen LogP contribution in [-0.2, 0) is 6.54 Å². The Kier molecular flexibility index (Phi) is 5.49. The summed E-state index contributed by atoms with van der Waals surface area (Å²) in [6.45, 7) is 5.61. The van der Waals surface area contributed by atoms with Gasteiger partial charge in [0, 0.05) is 17.5 Å². The van der Waals surface area contributed by atoms with Crippen molar-refractivity contribution in [2.24, 2.45) is 0 Å². The molecule has 0 bridgehead atoms. The molecule has 1 atom stereocenters.